The highest BCUT2D eigenvalue weighted by Gasteiger charge is 2.16. The Morgan fingerprint density at radius 2 is 2.29 bits per heavy atom. The zero-order valence-corrected chi connectivity index (χ0v) is 11.1. The van der Waals surface area contributed by atoms with Crippen LogP contribution in [0.3, 0.4) is 0 Å². The van der Waals surface area contributed by atoms with E-state index < -0.39 is 16.0 Å². The molecule has 0 saturated carbocycles. The summed E-state index contributed by atoms with van der Waals surface area (Å²) in [6.07, 6.45) is 0.241. The number of carboxylic acid groups (broad SMARTS) is 1. The van der Waals surface area contributed by atoms with Crippen LogP contribution in [0.5, 0.6) is 0 Å². The maximum absolute atomic E-state index is 11.5. The molecule has 1 aromatic heterocycles. The average Bonchev–Trinajstić information content (AvgIpc) is 2.66. The van der Waals surface area contributed by atoms with Crippen molar-refractivity contribution < 1.29 is 18.3 Å². The fraction of sp³-hybridized carbons (Fsp3) is 0.500. The van der Waals surface area contributed by atoms with Crippen molar-refractivity contribution in [3.8, 4) is 0 Å². The van der Waals surface area contributed by atoms with Gasteiger partial charge in [0, 0.05) is 10.9 Å². The SMILES string of the molecule is CC(Cc1cccs1)NS(=O)(=O)CCC(=O)O. The van der Waals surface area contributed by atoms with Crippen LogP contribution < -0.4 is 4.72 Å². The number of nitrogens with one attached hydrogen (secondary N) is 1. The van der Waals surface area contributed by atoms with E-state index in [0.717, 1.165) is 4.88 Å². The molecule has 0 bridgehead atoms. The highest BCUT2D eigenvalue weighted by atomic mass is 32.2. The van der Waals surface area contributed by atoms with Crippen LogP contribution in [-0.4, -0.2) is 31.3 Å². The zero-order chi connectivity index (χ0) is 12.9. The first-order valence-corrected chi connectivity index (χ1v) is 7.66. The molecule has 0 aromatic carbocycles. The second-order valence-corrected chi connectivity index (χ2v) is 6.67. The molecule has 0 spiro atoms. The maximum Gasteiger partial charge on any atom is 0.304 e. The number of carboxylic acids is 1. The molecule has 0 radical (unpaired) electrons. The third-order valence-corrected chi connectivity index (χ3v) is 4.45. The number of hydrogen-bond acceptors (Lipinski definition) is 4. The van der Waals surface area contributed by atoms with E-state index in [0.29, 0.717) is 6.42 Å². The van der Waals surface area contributed by atoms with Crippen molar-refractivity contribution in [1.82, 2.24) is 4.72 Å². The highest BCUT2D eigenvalue weighted by molar-refractivity contribution is 7.89. The van der Waals surface area contributed by atoms with Gasteiger partial charge in [-0.2, -0.15) is 0 Å². The fourth-order valence-corrected chi connectivity index (χ4v) is 3.45. The van der Waals surface area contributed by atoms with Gasteiger partial charge in [-0.3, -0.25) is 4.79 Å². The van der Waals surface area contributed by atoms with Crippen molar-refractivity contribution in [2.45, 2.75) is 25.8 Å². The van der Waals surface area contributed by atoms with Gasteiger partial charge in [-0.15, -0.1) is 11.3 Å². The fourth-order valence-electron chi connectivity index (χ4n) is 1.36. The van der Waals surface area contributed by atoms with Gasteiger partial charge in [-0.25, -0.2) is 13.1 Å². The van der Waals surface area contributed by atoms with E-state index >= 15 is 0 Å². The van der Waals surface area contributed by atoms with Crippen molar-refractivity contribution in [1.29, 1.82) is 0 Å². The van der Waals surface area contributed by atoms with Crippen LogP contribution in [0.4, 0.5) is 0 Å². The number of hydrogen-bond donors (Lipinski definition) is 2. The summed E-state index contributed by atoms with van der Waals surface area (Å²) in [6.45, 7) is 1.76. The molecule has 1 unspecified atom stereocenters. The monoisotopic (exact) mass is 277 g/mol. The van der Waals surface area contributed by atoms with E-state index in [-0.39, 0.29) is 18.2 Å². The molecule has 96 valence electrons. The van der Waals surface area contributed by atoms with E-state index in [2.05, 4.69) is 4.72 Å². The quantitative estimate of drug-likeness (QED) is 0.781. The average molecular weight is 277 g/mol. The van der Waals surface area contributed by atoms with E-state index in [4.69, 9.17) is 5.11 Å². The normalized spacial score (nSPS) is 13.5. The minimum atomic E-state index is -3.51. The predicted octanol–water partition coefficient (Wildman–Crippen LogP) is 1.07. The second-order valence-electron chi connectivity index (χ2n) is 3.76. The third kappa shape index (κ3) is 5.81. The Hall–Kier alpha value is -0.920. The Morgan fingerprint density at radius 3 is 2.82 bits per heavy atom. The lowest BCUT2D eigenvalue weighted by atomic mass is 10.2. The lowest BCUT2D eigenvalue weighted by molar-refractivity contribution is -0.136. The molecule has 0 saturated heterocycles. The molecule has 0 fully saturated rings. The molecule has 0 aliphatic rings. The standard InChI is InChI=1S/C10H15NO4S2/c1-8(7-9-3-2-5-16-9)11-17(14,15)6-4-10(12)13/h2-3,5,8,11H,4,6-7H2,1H3,(H,12,13). The largest absolute Gasteiger partial charge is 0.481 e. The van der Waals surface area contributed by atoms with Crippen LogP contribution in [0.2, 0.25) is 0 Å². The summed E-state index contributed by atoms with van der Waals surface area (Å²) in [6, 6.07) is 3.62. The van der Waals surface area contributed by atoms with Crippen molar-refractivity contribution in [2.24, 2.45) is 0 Å². The number of rotatable bonds is 7. The molecule has 17 heavy (non-hydrogen) atoms. The van der Waals surface area contributed by atoms with Crippen LogP contribution in [0, 0.1) is 0 Å². The molecule has 1 atom stereocenters. The molecule has 1 rings (SSSR count). The minimum Gasteiger partial charge on any atom is -0.481 e. The summed E-state index contributed by atoms with van der Waals surface area (Å²) in [5.41, 5.74) is 0. The first-order valence-electron chi connectivity index (χ1n) is 5.13. The number of thiophene rings is 1. The second kappa shape index (κ2) is 6.13. The van der Waals surface area contributed by atoms with Gasteiger partial charge in [-0.1, -0.05) is 6.07 Å². The molecule has 2 N–H and O–H groups in total. The van der Waals surface area contributed by atoms with Crippen molar-refractivity contribution in [2.75, 3.05) is 5.75 Å². The Morgan fingerprint density at radius 1 is 1.59 bits per heavy atom. The molecule has 7 heteroatoms. The number of aliphatic carboxylic acids is 1. The Balaban J connectivity index is 2.44. The topological polar surface area (TPSA) is 83.5 Å². The van der Waals surface area contributed by atoms with Crippen LogP contribution in [0.25, 0.3) is 0 Å². The molecule has 5 nitrogen and oxygen atoms in total. The van der Waals surface area contributed by atoms with Gasteiger partial charge in [0.25, 0.3) is 0 Å². The molecular weight excluding hydrogens is 262 g/mol. The van der Waals surface area contributed by atoms with Crippen LogP contribution in [0.15, 0.2) is 17.5 Å². The van der Waals surface area contributed by atoms with Crippen molar-refractivity contribution >= 4 is 27.3 Å². The molecular formula is C10H15NO4S2. The van der Waals surface area contributed by atoms with E-state index in [1.54, 1.807) is 18.3 Å². The third-order valence-electron chi connectivity index (χ3n) is 2.05. The molecule has 1 aromatic rings. The highest BCUT2D eigenvalue weighted by Crippen LogP contribution is 2.11. The summed E-state index contributed by atoms with van der Waals surface area (Å²) in [4.78, 5) is 11.4. The Kier molecular flexibility index (Phi) is 5.10. The summed E-state index contributed by atoms with van der Waals surface area (Å²) in [5.74, 6) is -1.49. The van der Waals surface area contributed by atoms with Crippen LogP contribution in [0.1, 0.15) is 18.2 Å². The lowest BCUT2D eigenvalue weighted by Crippen LogP contribution is -2.36. The summed E-state index contributed by atoms with van der Waals surface area (Å²) in [7, 11) is -3.51. The molecule has 0 amide bonds. The molecule has 0 aliphatic carbocycles. The van der Waals surface area contributed by atoms with Crippen molar-refractivity contribution in [3.05, 3.63) is 22.4 Å². The van der Waals surface area contributed by atoms with E-state index in [9.17, 15) is 13.2 Å². The maximum atomic E-state index is 11.5. The molecule has 1 heterocycles. The smallest absolute Gasteiger partial charge is 0.304 e. The summed E-state index contributed by atoms with van der Waals surface area (Å²) >= 11 is 1.57. The Bertz CT molecular complexity index is 453. The van der Waals surface area contributed by atoms with Gasteiger partial charge >= 0.3 is 5.97 Å². The molecule has 0 aliphatic heterocycles. The summed E-state index contributed by atoms with van der Waals surface area (Å²) in [5, 5.41) is 10.4. The van der Waals surface area contributed by atoms with Gasteiger partial charge in [0.2, 0.25) is 10.0 Å². The number of sulfonamides is 1. The Labute approximate surface area is 105 Å². The van der Waals surface area contributed by atoms with Gasteiger partial charge in [0.1, 0.15) is 0 Å². The van der Waals surface area contributed by atoms with Gasteiger partial charge in [0.15, 0.2) is 0 Å². The lowest BCUT2D eigenvalue weighted by Gasteiger charge is -2.12. The first-order chi connectivity index (χ1) is 7.89. The van der Waals surface area contributed by atoms with Crippen molar-refractivity contribution in [3.63, 3.8) is 0 Å². The van der Waals surface area contributed by atoms with Gasteiger partial charge in [-0.05, 0) is 24.8 Å². The predicted molar refractivity (Wildman–Crippen MR) is 66.7 cm³/mol. The summed E-state index contributed by atoms with van der Waals surface area (Å²) < 4.78 is 25.5. The van der Waals surface area contributed by atoms with Crippen LogP contribution in [-0.2, 0) is 21.2 Å². The minimum absolute atomic E-state index is 0.229. The first kappa shape index (κ1) is 14.1. The van der Waals surface area contributed by atoms with E-state index in [1.165, 1.54) is 0 Å². The van der Waals surface area contributed by atoms with Gasteiger partial charge < -0.3 is 5.11 Å². The van der Waals surface area contributed by atoms with E-state index in [1.807, 2.05) is 17.5 Å². The van der Waals surface area contributed by atoms with Crippen LogP contribution >= 0.6 is 11.3 Å². The number of carbonyl (C=O) groups is 1. The van der Waals surface area contributed by atoms with Gasteiger partial charge in [0.05, 0.1) is 12.2 Å². The zero-order valence-electron chi connectivity index (χ0n) is 9.42.